The number of likely N-dealkylation sites (tertiary alicyclic amines) is 1. The van der Waals surface area contributed by atoms with Gasteiger partial charge in [0.1, 0.15) is 0 Å². The van der Waals surface area contributed by atoms with Crippen LogP contribution in [0, 0.1) is 11.8 Å². The number of methoxy groups -OCH3 is 1. The normalized spacial score (nSPS) is 19.6. The molecule has 4 amide bonds. The summed E-state index contributed by atoms with van der Waals surface area (Å²) in [7, 11) is 1.26. The first-order chi connectivity index (χ1) is 19.5. The van der Waals surface area contributed by atoms with Gasteiger partial charge >= 0.3 is 18.0 Å². The lowest BCUT2D eigenvalue weighted by Crippen LogP contribution is -2.57. The number of alkyl carbamates (subject to hydrolysis) is 1. The molecule has 0 radical (unpaired) electrons. The minimum atomic E-state index is -4.39. The molecule has 4 N–H and O–H groups in total. The maximum Gasteiger partial charge on any atom is 0.406 e. The number of benzene rings is 1. The third kappa shape index (κ3) is 9.26. The molecule has 1 aliphatic carbocycles. The van der Waals surface area contributed by atoms with Crippen molar-refractivity contribution in [3.8, 4) is 0 Å². The summed E-state index contributed by atoms with van der Waals surface area (Å²) in [6.45, 7) is 0.934. The van der Waals surface area contributed by atoms with Crippen molar-refractivity contribution in [1.29, 1.82) is 0 Å². The van der Waals surface area contributed by atoms with Gasteiger partial charge in [-0.05, 0) is 42.9 Å². The highest BCUT2D eigenvalue weighted by molar-refractivity contribution is 6.30. The fraction of sp³-hybridized carbons (Fsp3) is 0.643. The van der Waals surface area contributed by atoms with Crippen LogP contribution in [-0.2, 0) is 19.1 Å². The van der Waals surface area contributed by atoms with E-state index < -0.39 is 41.9 Å². The molecule has 1 aromatic rings. The minimum Gasteiger partial charge on any atom is -0.453 e. The number of carbonyl (C=O) groups excluding carboxylic acids is 4. The number of halogens is 3. The van der Waals surface area contributed by atoms with Crippen LogP contribution in [0.2, 0.25) is 5.02 Å². The topological polar surface area (TPSA) is 140 Å². The van der Waals surface area contributed by atoms with Gasteiger partial charge in [-0.2, -0.15) is 8.78 Å². The van der Waals surface area contributed by atoms with Crippen molar-refractivity contribution in [3.63, 3.8) is 0 Å². The highest BCUT2D eigenvalue weighted by atomic mass is 35.5. The van der Waals surface area contributed by atoms with E-state index in [0.29, 0.717) is 24.4 Å². The first-order valence-corrected chi connectivity index (χ1v) is 14.4. The zero-order valence-electron chi connectivity index (χ0n) is 23.2. The van der Waals surface area contributed by atoms with Gasteiger partial charge in [-0.25, -0.2) is 9.59 Å². The number of hydrogen-bond acceptors (Lipinski definition) is 6. The minimum absolute atomic E-state index is 0.0185. The molecule has 0 bridgehead atoms. The zero-order chi connectivity index (χ0) is 30.0. The SMILES string of the molecule is COC(=O)NCCO[C@@H](c1cccc(Cl)c1)[C@@H]1CCCN(C(=O)N[C@@H](CC2CCCCC2)C(=O)C(F)(F)C(N)=O)C1. The number of piperidine rings is 1. The molecule has 13 heteroatoms. The highest BCUT2D eigenvalue weighted by Crippen LogP contribution is 2.34. The lowest BCUT2D eigenvalue weighted by atomic mass is 9.83. The number of nitrogens with zero attached hydrogens (tertiary/aromatic N) is 1. The molecule has 1 heterocycles. The standard InChI is InChI=1S/C28H39ClF2N4O6/c1-40-27(39)33-12-14-41-23(19-9-5-11-21(29)16-19)20-10-6-13-35(17-20)26(38)34-22(15-18-7-3-2-4-8-18)24(36)28(30,31)25(32)37/h5,9,11,16,18,20,22-23H,2-4,6-8,10,12-15,17H2,1H3,(H2,32,37)(H,33,39)(H,34,38)/t20-,22+,23+/m1/s1. The maximum absolute atomic E-state index is 14.4. The molecule has 0 unspecified atom stereocenters. The molecule has 2 fully saturated rings. The number of rotatable bonds is 12. The zero-order valence-corrected chi connectivity index (χ0v) is 24.0. The molecule has 0 aromatic heterocycles. The summed E-state index contributed by atoms with van der Waals surface area (Å²) in [5.41, 5.74) is 5.61. The molecule has 1 aliphatic heterocycles. The number of primary amides is 1. The number of urea groups is 1. The van der Waals surface area contributed by atoms with Gasteiger partial charge < -0.3 is 30.7 Å². The van der Waals surface area contributed by atoms with E-state index in [9.17, 15) is 28.0 Å². The van der Waals surface area contributed by atoms with Gasteiger partial charge in [0.25, 0.3) is 5.91 Å². The first kappa shape index (κ1) is 32.5. The van der Waals surface area contributed by atoms with Crippen molar-refractivity contribution >= 4 is 35.4 Å². The third-order valence-electron chi connectivity index (χ3n) is 7.73. The molecule has 228 valence electrons. The Kier molecular flexibility index (Phi) is 12.1. The number of carbonyl (C=O) groups is 4. The van der Waals surface area contributed by atoms with Gasteiger partial charge in [-0.3, -0.25) is 9.59 Å². The average molecular weight is 601 g/mol. The predicted octanol–water partition coefficient (Wildman–Crippen LogP) is 4.20. The van der Waals surface area contributed by atoms with Crippen molar-refractivity contribution in [2.24, 2.45) is 17.6 Å². The van der Waals surface area contributed by atoms with Crippen molar-refractivity contribution in [3.05, 3.63) is 34.9 Å². The molecule has 3 atom stereocenters. The number of alkyl halides is 2. The number of nitrogens with one attached hydrogen (secondary N) is 2. The van der Waals surface area contributed by atoms with Gasteiger partial charge in [0.05, 0.1) is 25.9 Å². The molecule has 1 saturated carbocycles. The van der Waals surface area contributed by atoms with Gasteiger partial charge in [0.2, 0.25) is 5.78 Å². The van der Waals surface area contributed by atoms with Crippen molar-refractivity contribution in [1.82, 2.24) is 15.5 Å². The molecule has 1 saturated heterocycles. The number of ketones is 1. The van der Waals surface area contributed by atoms with Crippen LogP contribution in [0.4, 0.5) is 18.4 Å². The molecule has 2 aliphatic rings. The summed E-state index contributed by atoms with van der Waals surface area (Å²) in [6, 6.07) is 4.93. The molecule has 0 spiro atoms. The second-order valence-electron chi connectivity index (χ2n) is 10.7. The Balaban J connectivity index is 1.73. The molecular weight excluding hydrogens is 562 g/mol. The second-order valence-corrected chi connectivity index (χ2v) is 11.1. The van der Waals surface area contributed by atoms with Crippen LogP contribution in [0.1, 0.15) is 63.0 Å². The van der Waals surface area contributed by atoms with Crippen LogP contribution in [0.25, 0.3) is 0 Å². The fourth-order valence-corrected chi connectivity index (χ4v) is 5.81. The Bertz CT molecular complexity index is 1070. The van der Waals surface area contributed by atoms with E-state index in [-0.39, 0.29) is 38.0 Å². The highest BCUT2D eigenvalue weighted by Gasteiger charge is 2.49. The number of hydrogen-bond donors (Lipinski definition) is 3. The quantitative estimate of drug-likeness (QED) is 0.243. The van der Waals surface area contributed by atoms with E-state index in [1.54, 1.807) is 18.2 Å². The van der Waals surface area contributed by atoms with E-state index in [1.807, 2.05) is 6.07 Å². The summed E-state index contributed by atoms with van der Waals surface area (Å²) < 4.78 is 39.5. The van der Waals surface area contributed by atoms with E-state index in [0.717, 1.165) is 37.7 Å². The molecule has 10 nitrogen and oxygen atoms in total. The molecular formula is C28H39ClF2N4O6. The lowest BCUT2D eigenvalue weighted by Gasteiger charge is -2.38. The van der Waals surface area contributed by atoms with Crippen molar-refractivity contribution in [2.45, 2.75) is 69.4 Å². The van der Waals surface area contributed by atoms with Gasteiger partial charge in [-0.1, -0.05) is 55.8 Å². The largest absolute Gasteiger partial charge is 0.453 e. The summed E-state index contributed by atoms with van der Waals surface area (Å²) in [6.07, 6.45) is 4.64. The average Bonchev–Trinajstić information content (AvgIpc) is 2.96. The number of amides is 4. The van der Waals surface area contributed by atoms with Crippen LogP contribution < -0.4 is 16.4 Å². The Morgan fingerprint density at radius 1 is 1.15 bits per heavy atom. The third-order valence-corrected chi connectivity index (χ3v) is 7.97. The Morgan fingerprint density at radius 2 is 1.88 bits per heavy atom. The molecule has 3 rings (SSSR count). The van der Waals surface area contributed by atoms with E-state index >= 15 is 0 Å². The second kappa shape index (κ2) is 15.3. The van der Waals surface area contributed by atoms with Crippen LogP contribution in [-0.4, -0.2) is 74.0 Å². The van der Waals surface area contributed by atoms with Crippen LogP contribution in [0.3, 0.4) is 0 Å². The number of Topliss-reactive ketones (excluding diaryl/α,β-unsaturated/α-hetero) is 1. The van der Waals surface area contributed by atoms with E-state index in [2.05, 4.69) is 15.4 Å². The summed E-state index contributed by atoms with van der Waals surface area (Å²) >= 11 is 6.22. The molecule has 41 heavy (non-hydrogen) atoms. The Labute approximate surface area is 243 Å². The summed E-state index contributed by atoms with van der Waals surface area (Å²) in [5, 5.41) is 5.56. The predicted molar refractivity (Wildman–Crippen MR) is 148 cm³/mol. The van der Waals surface area contributed by atoms with E-state index in [1.165, 1.54) is 12.0 Å². The van der Waals surface area contributed by atoms with Gasteiger partial charge in [-0.15, -0.1) is 0 Å². The van der Waals surface area contributed by atoms with Crippen LogP contribution in [0.15, 0.2) is 24.3 Å². The van der Waals surface area contributed by atoms with E-state index in [4.69, 9.17) is 22.1 Å². The fourth-order valence-electron chi connectivity index (χ4n) is 5.61. The molecule has 1 aromatic carbocycles. The smallest absolute Gasteiger partial charge is 0.406 e. The number of nitrogens with two attached hydrogens (primary N) is 1. The number of ether oxygens (including phenoxy) is 2. The Hall–Kier alpha value is -2.99. The van der Waals surface area contributed by atoms with Crippen LogP contribution in [0.5, 0.6) is 0 Å². The Morgan fingerprint density at radius 3 is 2.54 bits per heavy atom. The van der Waals surface area contributed by atoms with Crippen LogP contribution >= 0.6 is 11.6 Å². The first-order valence-electron chi connectivity index (χ1n) is 14.0. The lowest BCUT2D eigenvalue weighted by molar-refractivity contribution is -0.157. The summed E-state index contributed by atoms with van der Waals surface area (Å²) in [5.74, 6) is -8.32. The van der Waals surface area contributed by atoms with Gasteiger partial charge in [0, 0.05) is 30.6 Å². The summed E-state index contributed by atoms with van der Waals surface area (Å²) in [4.78, 5) is 50.3. The maximum atomic E-state index is 14.4. The van der Waals surface area contributed by atoms with Crippen molar-refractivity contribution in [2.75, 3.05) is 33.4 Å². The van der Waals surface area contributed by atoms with Gasteiger partial charge in [0.15, 0.2) is 0 Å². The van der Waals surface area contributed by atoms with Crippen molar-refractivity contribution < 1.29 is 37.4 Å². The monoisotopic (exact) mass is 600 g/mol.